The van der Waals surface area contributed by atoms with E-state index in [0.29, 0.717) is 22.9 Å². The van der Waals surface area contributed by atoms with Gasteiger partial charge in [0.15, 0.2) is 11.5 Å². The van der Waals surface area contributed by atoms with Gasteiger partial charge in [0.25, 0.3) is 15.9 Å². The average Bonchev–Trinajstić information content (AvgIpc) is 2.68. The molecule has 1 fully saturated rings. The van der Waals surface area contributed by atoms with Crippen molar-refractivity contribution >= 4 is 49.1 Å². The Bertz CT molecular complexity index is 1210. The first-order valence-electron chi connectivity index (χ1n) is 9.15. The van der Waals surface area contributed by atoms with E-state index in [1.807, 2.05) is 0 Å². The minimum atomic E-state index is -4.29. The summed E-state index contributed by atoms with van der Waals surface area (Å²) in [5, 5.41) is 22.8. The predicted octanol–water partition coefficient (Wildman–Crippen LogP) is 3.92. The molecule has 1 aliphatic rings. The van der Waals surface area contributed by atoms with Crippen LogP contribution < -0.4 is 14.8 Å². The van der Waals surface area contributed by atoms with E-state index in [0.717, 1.165) is 6.42 Å². The standard InChI is InChI=1S/C20H19BrClN3O5S/c1-24-19(27)13-6-11(20(10-23)4-3-5-20)7-15(17(13)26)25-31(28,29)16-9-12(21)8-14(22)18(16)30-2/h6-9,25-26H,3-5H2,1-2H3,(H,24,27). The van der Waals surface area contributed by atoms with E-state index >= 15 is 0 Å². The number of sulfonamides is 1. The molecule has 11 heteroatoms. The van der Waals surface area contributed by atoms with E-state index in [-0.39, 0.29) is 26.9 Å². The van der Waals surface area contributed by atoms with Gasteiger partial charge in [-0.25, -0.2) is 8.42 Å². The van der Waals surface area contributed by atoms with Crippen LogP contribution in [-0.2, 0) is 15.4 Å². The second-order valence-electron chi connectivity index (χ2n) is 7.07. The van der Waals surface area contributed by atoms with Gasteiger partial charge in [-0.2, -0.15) is 5.26 Å². The molecule has 0 aliphatic heterocycles. The summed E-state index contributed by atoms with van der Waals surface area (Å²) < 4.78 is 34.2. The highest BCUT2D eigenvalue weighted by atomic mass is 79.9. The number of nitriles is 1. The zero-order valence-electron chi connectivity index (χ0n) is 16.6. The van der Waals surface area contributed by atoms with Gasteiger partial charge in [0.05, 0.1) is 34.9 Å². The molecule has 0 aromatic heterocycles. The van der Waals surface area contributed by atoms with Crippen LogP contribution in [-0.4, -0.2) is 33.6 Å². The van der Waals surface area contributed by atoms with Crippen LogP contribution in [0.4, 0.5) is 5.69 Å². The molecule has 0 spiro atoms. The smallest absolute Gasteiger partial charge is 0.265 e. The molecule has 0 heterocycles. The third-order valence-corrected chi connectivity index (χ3v) is 7.38. The Morgan fingerprint density at radius 1 is 1.32 bits per heavy atom. The number of hydrogen-bond acceptors (Lipinski definition) is 6. The number of halogens is 2. The fourth-order valence-corrected chi connectivity index (χ4v) is 5.79. The number of carbonyl (C=O) groups excluding carboxylic acids is 1. The van der Waals surface area contributed by atoms with Gasteiger partial charge >= 0.3 is 0 Å². The maximum atomic E-state index is 13.2. The molecule has 0 unspecified atom stereocenters. The Morgan fingerprint density at radius 3 is 2.52 bits per heavy atom. The van der Waals surface area contributed by atoms with E-state index in [2.05, 4.69) is 32.0 Å². The highest BCUT2D eigenvalue weighted by Gasteiger charge is 2.40. The van der Waals surface area contributed by atoms with E-state index in [4.69, 9.17) is 16.3 Å². The number of aromatic hydroxyl groups is 1. The summed E-state index contributed by atoms with van der Waals surface area (Å²) in [4.78, 5) is 12.0. The fourth-order valence-electron chi connectivity index (χ4n) is 3.43. The second kappa shape index (κ2) is 8.57. The zero-order valence-corrected chi connectivity index (χ0v) is 19.8. The van der Waals surface area contributed by atoms with Crippen LogP contribution in [0, 0.1) is 11.3 Å². The van der Waals surface area contributed by atoms with Gasteiger partial charge in [0.2, 0.25) is 0 Å². The lowest BCUT2D eigenvalue weighted by Gasteiger charge is -2.36. The van der Waals surface area contributed by atoms with Crippen molar-refractivity contribution in [1.29, 1.82) is 5.26 Å². The number of phenolic OH excluding ortho intramolecular Hbond substituents is 1. The largest absolute Gasteiger partial charge is 0.505 e. The molecule has 0 radical (unpaired) electrons. The monoisotopic (exact) mass is 527 g/mol. The minimum Gasteiger partial charge on any atom is -0.505 e. The number of rotatable bonds is 6. The highest BCUT2D eigenvalue weighted by Crippen LogP contribution is 2.46. The summed E-state index contributed by atoms with van der Waals surface area (Å²) in [7, 11) is -1.63. The van der Waals surface area contributed by atoms with Crippen molar-refractivity contribution < 1.29 is 23.1 Å². The zero-order chi connectivity index (χ0) is 23.0. The maximum absolute atomic E-state index is 13.2. The molecule has 3 N–H and O–H groups in total. The van der Waals surface area contributed by atoms with Crippen molar-refractivity contribution in [2.45, 2.75) is 29.6 Å². The SMILES string of the molecule is CNC(=O)c1cc(C2(C#N)CCC2)cc(NS(=O)(=O)c2cc(Br)cc(Cl)c2OC)c1O. The average molecular weight is 529 g/mol. The first kappa shape index (κ1) is 23.2. The van der Waals surface area contributed by atoms with Crippen LogP contribution in [0.3, 0.4) is 0 Å². The number of anilines is 1. The fraction of sp³-hybridized carbons (Fsp3) is 0.300. The summed E-state index contributed by atoms with van der Waals surface area (Å²) in [5.74, 6) is -1.25. The van der Waals surface area contributed by atoms with Crippen molar-refractivity contribution in [3.05, 3.63) is 44.9 Å². The molecule has 3 rings (SSSR count). The van der Waals surface area contributed by atoms with Gasteiger partial charge in [0, 0.05) is 11.5 Å². The predicted molar refractivity (Wildman–Crippen MR) is 119 cm³/mol. The number of nitrogens with zero attached hydrogens (tertiary/aromatic N) is 1. The molecule has 8 nitrogen and oxygen atoms in total. The number of carbonyl (C=O) groups is 1. The van der Waals surface area contributed by atoms with Crippen LogP contribution in [0.1, 0.15) is 35.2 Å². The van der Waals surface area contributed by atoms with Crippen LogP contribution >= 0.6 is 27.5 Å². The van der Waals surface area contributed by atoms with Crippen LogP contribution in [0.25, 0.3) is 0 Å². The van der Waals surface area contributed by atoms with E-state index in [1.54, 1.807) is 0 Å². The maximum Gasteiger partial charge on any atom is 0.265 e. The Morgan fingerprint density at radius 2 is 2.00 bits per heavy atom. The normalized spacial score (nSPS) is 14.8. The number of hydrogen-bond donors (Lipinski definition) is 3. The Hall–Kier alpha value is -2.48. The molecule has 164 valence electrons. The third kappa shape index (κ3) is 4.18. The number of nitrogens with one attached hydrogen (secondary N) is 2. The first-order valence-corrected chi connectivity index (χ1v) is 11.8. The van der Waals surface area contributed by atoms with Gasteiger partial charge in [-0.3, -0.25) is 9.52 Å². The van der Waals surface area contributed by atoms with Gasteiger partial charge < -0.3 is 15.2 Å². The van der Waals surface area contributed by atoms with E-state index in [1.165, 1.54) is 38.4 Å². The molecule has 0 saturated heterocycles. The molecule has 0 atom stereocenters. The van der Waals surface area contributed by atoms with Gasteiger partial charge in [-0.1, -0.05) is 27.5 Å². The van der Waals surface area contributed by atoms with Crippen LogP contribution in [0.15, 0.2) is 33.6 Å². The van der Waals surface area contributed by atoms with Gasteiger partial charge in [0.1, 0.15) is 4.90 Å². The minimum absolute atomic E-state index is 0.0687. The van der Waals surface area contributed by atoms with Crippen molar-refractivity contribution in [3.63, 3.8) is 0 Å². The Kier molecular flexibility index (Phi) is 6.41. The number of ether oxygens (including phenoxy) is 1. The quantitative estimate of drug-likeness (QED) is 0.488. The number of benzene rings is 2. The molecule has 31 heavy (non-hydrogen) atoms. The Balaban J connectivity index is 2.17. The molecule has 1 aliphatic carbocycles. The first-order chi connectivity index (χ1) is 14.6. The molecular formula is C20H19BrClN3O5S. The third-order valence-electron chi connectivity index (χ3n) is 5.27. The van der Waals surface area contributed by atoms with Gasteiger partial charge in [-0.15, -0.1) is 0 Å². The van der Waals surface area contributed by atoms with Crippen molar-refractivity contribution in [1.82, 2.24) is 5.32 Å². The Labute approximate surface area is 193 Å². The highest BCUT2D eigenvalue weighted by molar-refractivity contribution is 9.10. The summed E-state index contributed by atoms with van der Waals surface area (Å²) in [6.45, 7) is 0. The molecule has 1 saturated carbocycles. The lowest BCUT2D eigenvalue weighted by atomic mass is 9.65. The second-order valence-corrected chi connectivity index (χ2v) is 10.0. The van der Waals surface area contributed by atoms with E-state index < -0.39 is 27.1 Å². The van der Waals surface area contributed by atoms with E-state index in [9.17, 15) is 23.6 Å². The topological polar surface area (TPSA) is 129 Å². The summed E-state index contributed by atoms with van der Waals surface area (Å²) in [6.07, 6.45) is 1.98. The van der Waals surface area contributed by atoms with Crippen molar-refractivity contribution in [3.8, 4) is 17.6 Å². The molecule has 1 amide bonds. The summed E-state index contributed by atoms with van der Waals surface area (Å²) in [5.41, 5.74) is -0.753. The molecular weight excluding hydrogens is 510 g/mol. The molecule has 0 bridgehead atoms. The van der Waals surface area contributed by atoms with Gasteiger partial charge in [-0.05, 0) is 49.1 Å². The number of phenols is 1. The van der Waals surface area contributed by atoms with Crippen molar-refractivity contribution in [2.24, 2.45) is 0 Å². The summed E-state index contributed by atoms with van der Waals surface area (Å²) in [6, 6.07) is 7.84. The number of amides is 1. The lowest BCUT2D eigenvalue weighted by molar-refractivity contribution is 0.0960. The number of methoxy groups -OCH3 is 1. The summed E-state index contributed by atoms with van der Waals surface area (Å²) >= 11 is 9.31. The van der Waals surface area contributed by atoms with Crippen LogP contribution in [0.2, 0.25) is 5.02 Å². The lowest BCUT2D eigenvalue weighted by Crippen LogP contribution is -2.33. The molecule has 2 aromatic rings. The van der Waals surface area contributed by atoms with Crippen LogP contribution in [0.5, 0.6) is 11.5 Å². The molecule has 2 aromatic carbocycles. The van der Waals surface area contributed by atoms with Crippen molar-refractivity contribution in [2.75, 3.05) is 18.9 Å².